The Morgan fingerprint density at radius 2 is 0.667 bits per heavy atom. The number of nitrogens with two attached hydrogens (primary N) is 1. The summed E-state index contributed by atoms with van der Waals surface area (Å²) in [6, 6.07) is 67.6. The minimum atomic E-state index is -1.000. The number of allylic oxidation sites excluding steroid dienone is 1. The number of amides is 1. The summed E-state index contributed by atoms with van der Waals surface area (Å²) in [5.74, 6) is -4.52. The van der Waals surface area contributed by atoms with Gasteiger partial charge in [-0.15, -0.1) is 0 Å². The van der Waals surface area contributed by atoms with Crippen LogP contribution in [0.5, 0.6) is 0 Å². The molecule has 0 aromatic heterocycles. The Hall–Kier alpha value is -8.65. The molecule has 99 heavy (non-hydrogen) atoms. The van der Waals surface area contributed by atoms with Crippen LogP contribution in [0.15, 0.2) is 249 Å². The van der Waals surface area contributed by atoms with Crippen molar-refractivity contribution in [2.75, 3.05) is 13.2 Å². The number of carbonyl (C=O) groups is 5. The van der Waals surface area contributed by atoms with Crippen molar-refractivity contribution in [3.63, 3.8) is 0 Å². The van der Waals surface area contributed by atoms with E-state index in [9.17, 15) is 49.5 Å². The summed E-state index contributed by atoms with van der Waals surface area (Å²) in [5.41, 5.74) is 12.1. The quantitative estimate of drug-likeness (QED) is 0.0135. The normalized spacial score (nSPS) is 14.5. The first kappa shape index (κ1) is 90.4. The number of primary amides is 1. The van der Waals surface area contributed by atoms with Crippen molar-refractivity contribution in [2.24, 2.45) is 47.2 Å². The third-order valence-corrected chi connectivity index (χ3v) is 14.9. The molecule has 12 atom stereocenters. The maximum atomic E-state index is 12.0. The van der Waals surface area contributed by atoms with Gasteiger partial charge in [0.2, 0.25) is 5.91 Å². The van der Waals surface area contributed by atoms with Crippen molar-refractivity contribution in [3.8, 4) is 0 Å². The van der Waals surface area contributed by atoms with E-state index < -0.39 is 72.0 Å². The Labute approximate surface area is 611 Å². The van der Waals surface area contributed by atoms with E-state index in [4.69, 9.17) is 25.4 Å². The summed E-state index contributed by atoms with van der Waals surface area (Å²) >= 11 is 0. The van der Waals surface area contributed by atoms with Crippen LogP contribution in [-0.4, -0.2) is 118 Å². The van der Waals surface area contributed by atoms with Crippen molar-refractivity contribution in [1.29, 1.82) is 0 Å². The third kappa shape index (κ3) is 40.7. The first-order chi connectivity index (χ1) is 46.5. The number of aliphatic hydroxyl groups is 6. The van der Waals surface area contributed by atoms with Crippen LogP contribution in [0.3, 0.4) is 0 Å². The number of benzene rings is 7. The van der Waals surface area contributed by atoms with E-state index in [-0.39, 0.29) is 70.4 Å². The van der Waals surface area contributed by atoms with E-state index in [1.165, 1.54) is 18.6 Å². The molecule has 1 amide bonds. The molecule has 7 rings (SSSR count). The molecule has 17 heteroatoms. The molecule has 0 fully saturated rings. The second-order valence-electron chi connectivity index (χ2n) is 22.8. The number of carboxylic acids is 1. The van der Waals surface area contributed by atoms with Crippen molar-refractivity contribution in [2.45, 2.75) is 92.5 Å². The molecule has 7 aromatic carbocycles. The Morgan fingerprint density at radius 1 is 0.404 bits per heavy atom. The third-order valence-electron chi connectivity index (χ3n) is 14.9. The zero-order chi connectivity index (χ0) is 71.8. The first-order valence-corrected chi connectivity index (χ1v) is 32.3. The van der Waals surface area contributed by atoms with Crippen molar-refractivity contribution in [3.05, 3.63) is 288 Å². The molecule has 3 radical (unpaired) electrons. The van der Waals surface area contributed by atoms with Crippen LogP contribution in [0.4, 0.5) is 0 Å². The number of carbonyl (C=O) groups excluding carboxylic acids is 4. The van der Waals surface area contributed by atoms with Gasteiger partial charge in [0.1, 0.15) is 12.9 Å². The Balaban J connectivity index is 0. The molecule has 7 aromatic rings. The van der Waals surface area contributed by atoms with Crippen LogP contribution in [0.1, 0.15) is 95.8 Å². The molecule has 0 bridgehead atoms. The number of aliphatic hydroxyl groups excluding tert-OH is 6. The molecule has 9 N–H and O–H groups in total. The SMILES string of the molecule is CCOC(=O)[C@H](C)[C@@H](O)/C=C/c1ccccc1.C[C@@H](C(=O)O)[C@@H](O)/C=C/c1ccccc1.C[C@@H](C(=O)OCc1ccccc1)[C@@H](O)/C=C/c1ccccc1.C[C@@H](C(N)=O)[C@@H](O)/C=C/c1ccccc1.C[C@@H](C=O)[C@@H](C)/C=C/c1ccccc1.C[C@@H](CO)[C@@H](O)/C=C/c1ccccc1.[B].[H-].[Na+]. The standard InChI is InChI=1S/C19H20O3.C14H18O3.C13H16O.C12H15NO2.C12H14O3.C12H16O2.B.Na.H/c1-15(18(20)13-12-16-8-4-2-5-9-16)19(21)22-14-17-10-6-3-7-11-17;1-3-17-14(16)11(2)13(15)10-9-12-7-5-4-6-8-12;1-11(12(2)10-14)8-9-13-6-4-3-5-7-13;1-9(12(13)15)11(14)8-7-10-5-3-2-4-6-10;1-9(12(14)15)11(13)8-7-10-5-3-2-4-6-10;1-10(9-13)12(14)8-7-11-5-3-2-4-6-11;;;/h2-13,15,18,20H,14H2,1H3;4-11,13,15H,3H2,1-2H3;3-12H,1-2H3;2-9,11,14H,1H3,(H2,13,15);2-9,11,13H,1H3,(H,14,15);2-8,10,12-14H,9H2,1H3;;;/q;;;;;;;+1;-1/b13-12+;10-9+;9-8+;3*8-7+;;;/t15-,18+;11-,13+;11-,12-;2*9-,11+;10-,12-;;;/m110110.../s1. The fourth-order valence-corrected chi connectivity index (χ4v) is 7.69. The first-order valence-electron chi connectivity index (χ1n) is 32.3. The molecule has 15 nitrogen and oxygen atoms in total. The van der Waals surface area contributed by atoms with Crippen LogP contribution in [0.2, 0.25) is 0 Å². The molecule has 0 aliphatic carbocycles. The summed E-state index contributed by atoms with van der Waals surface area (Å²) in [7, 11) is 0. The zero-order valence-electron chi connectivity index (χ0n) is 59.4. The fourth-order valence-electron chi connectivity index (χ4n) is 7.69. The molecular weight excluding hydrogens is 1260 g/mol. The molecule has 0 aliphatic rings. The number of aldehydes is 1. The van der Waals surface area contributed by atoms with Crippen LogP contribution >= 0.6 is 0 Å². The topological polar surface area (TPSA) is 271 Å². The van der Waals surface area contributed by atoms with Gasteiger partial charge in [-0.05, 0) is 72.6 Å². The second-order valence-corrected chi connectivity index (χ2v) is 22.8. The average Bonchev–Trinajstić information content (AvgIpc) is 1.08. The van der Waals surface area contributed by atoms with Gasteiger partial charge >= 0.3 is 47.5 Å². The summed E-state index contributed by atoms with van der Waals surface area (Å²) in [6.45, 7) is 14.5. The molecule has 0 saturated carbocycles. The summed E-state index contributed by atoms with van der Waals surface area (Å²) < 4.78 is 10.1. The largest absolute Gasteiger partial charge is 1.00 e. The molecule has 0 unspecified atom stereocenters. The number of rotatable bonds is 27. The van der Waals surface area contributed by atoms with Gasteiger partial charge in [0.25, 0.3) is 0 Å². The number of hydrogen-bond donors (Lipinski definition) is 8. The van der Waals surface area contributed by atoms with Gasteiger partial charge in [-0.2, -0.15) is 0 Å². The predicted molar refractivity (Wildman–Crippen MR) is 397 cm³/mol. The Kier molecular flexibility index (Phi) is 49.5. The van der Waals surface area contributed by atoms with E-state index in [2.05, 4.69) is 31.2 Å². The minimum absolute atomic E-state index is 0. The van der Waals surface area contributed by atoms with E-state index in [1.54, 1.807) is 83.2 Å². The van der Waals surface area contributed by atoms with Gasteiger partial charge in [-0.3, -0.25) is 19.2 Å². The number of carboxylic acid groups (broad SMARTS) is 1. The van der Waals surface area contributed by atoms with Gasteiger partial charge in [0, 0.05) is 26.9 Å². The van der Waals surface area contributed by atoms with Gasteiger partial charge in [-0.1, -0.05) is 313 Å². The molecular formula is C82H100BNNaO14. The second kappa shape index (κ2) is 54.3. The van der Waals surface area contributed by atoms with Gasteiger partial charge in [0.05, 0.1) is 60.8 Å². The van der Waals surface area contributed by atoms with Crippen LogP contribution in [0.25, 0.3) is 36.5 Å². The van der Waals surface area contributed by atoms with Crippen molar-refractivity contribution in [1.82, 2.24) is 0 Å². The zero-order valence-corrected chi connectivity index (χ0v) is 60.4. The Morgan fingerprint density at radius 3 is 0.939 bits per heavy atom. The average molecular weight is 1360 g/mol. The maximum absolute atomic E-state index is 12.0. The summed E-state index contributed by atoms with van der Waals surface area (Å²) in [5, 5.41) is 65.9. The van der Waals surface area contributed by atoms with Crippen LogP contribution < -0.4 is 35.3 Å². The predicted octanol–water partition coefficient (Wildman–Crippen LogP) is 10.3. The molecule has 521 valence electrons. The molecule has 0 spiro atoms. The van der Waals surface area contributed by atoms with Crippen LogP contribution in [0, 0.1) is 41.4 Å². The van der Waals surface area contributed by atoms with E-state index in [0.717, 1.165) is 39.7 Å². The van der Waals surface area contributed by atoms with E-state index in [0.29, 0.717) is 12.5 Å². The van der Waals surface area contributed by atoms with Crippen LogP contribution in [-0.2, 0) is 40.1 Å². The number of hydrogen-bond acceptors (Lipinski definition) is 13. The van der Waals surface area contributed by atoms with Crippen molar-refractivity contribution < 1.29 is 100 Å². The summed E-state index contributed by atoms with van der Waals surface area (Å²) in [4.78, 5) is 55.2. The number of ether oxygens (including phenoxy) is 2. The molecule has 0 saturated heterocycles. The van der Waals surface area contributed by atoms with E-state index in [1.807, 2.05) is 213 Å². The molecule has 0 heterocycles. The maximum Gasteiger partial charge on any atom is 1.00 e. The van der Waals surface area contributed by atoms with Crippen molar-refractivity contribution >= 4 is 75.0 Å². The number of esters is 2. The minimum Gasteiger partial charge on any atom is -1.00 e. The summed E-state index contributed by atoms with van der Waals surface area (Å²) in [6.07, 6.45) is 18.0. The van der Waals surface area contributed by atoms with Gasteiger partial charge in [-0.25, -0.2) is 0 Å². The smallest absolute Gasteiger partial charge is 1.00 e. The number of aliphatic carboxylic acids is 1. The van der Waals surface area contributed by atoms with Gasteiger partial charge < -0.3 is 57.2 Å². The molecule has 0 aliphatic heterocycles. The fraction of sp³-hybridized carbons (Fsp3) is 0.280. The monoisotopic (exact) mass is 1360 g/mol. The Bertz CT molecular complexity index is 3370. The van der Waals surface area contributed by atoms with Gasteiger partial charge in [0.15, 0.2) is 0 Å². The van der Waals surface area contributed by atoms with E-state index >= 15 is 0 Å².